The van der Waals surface area contributed by atoms with Crippen LogP contribution in [0.5, 0.6) is 5.88 Å². The number of hydrogen-bond donors (Lipinski definition) is 1. The molecule has 1 aromatic rings. The lowest BCUT2D eigenvalue weighted by Gasteiger charge is -2.23. The number of ether oxygens (including phenoxy) is 1. The van der Waals surface area contributed by atoms with Crippen molar-refractivity contribution in [2.24, 2.45) is 0 Å². The Morgan fingerprint density at radius 3 is 2.67 bits per heavy atom. The third kappa shape index (κ3) is 4.26. The van der Waals surface area contributed by atoms with Gasteiger partial charge in [0.05, 0.1) is 18.5 Å². The Labute approximate surface area is 110 Å². The van der Waals surface area contributed by atoms with Gasteiger partial charge in [0.1, 0.15) is 0 Å². The maximum Gasteiger partial charge on any atom is 0.232 e. The molecule has 0 aliphatic rings. The minimum Gasteiger partial charge on any atom is -0.477 e. The summed E-state index contributed by atoms with van der Waals surface area (Å²) in [5.74, 6) is 0.960. The molecule has 0 saturated heterocycles. The predicted octanol–water partition coefficient (Wildman–Crippen LogP) is 2.76. The van der Waals surface area contributed by atoms with E-state index in [0.717, 1.165) is 25.1 Å². The van der Waals surface area contributed by atoms with Crippen LogP contribution in [0.25, 0.3) is 0 Å². The average Bonchev–Trinajstić information content (AvgIpc) is 2.40. The molecule has 4 heteroatoms. The molecule has 1 rings (SSSR count). The first-order valence-electron chi connectivity index (χ1n) is 6.90. The van der Waals surface area contributed by atoms with E-state index in [4.69, 9.17) is 4.74 Å². The number of hydrogen-bond acceptors (Lipinski definition) is 4. The predicted molar refractivity (Wildman–Crippen MR) is 74.0 cm³/mol. The Bertz CT molecular complexity index is 344. The number of aromatic nitrogens is 2. The summed E-state index contributed by atoms with van der Waals surface area (Å²) in [6, 6.07) is 0.441. The maximum atomic E-state index is 5.40. The van der Waals surface area contributed by atoms with Crippen LogP contribution in [0.1, 0.15) is 52.1 Å². The molecule has 0 amide bonds. The van der Waals surface area contributed by atoms with Gasteiger partial charge in [0.25, 0.3) is 0 Å². The quantitative estimate of drug-likeness (QED) is 0.771. The zero-order valence-electron chi connectivity index (χ0n) is 11.9. The molecule has 0 bridgehead atoms. The minimum atomic E-state index is 0.342. The second-order valence-electron chi connectivity index (χ2n) is 4.47. The minimum absolute atomic E-state index is 0.342. The van der Waals surface area contributed by atoms with Crippen molar-refractivity contribution < 1.29 is 4.74 Å². The van der Waals surface area contributed by atoms with Gasteiger partial charge in [0, 0.05) is 18.2 Å². The number of rotatable bonds is 8. The maximum absolute atomic E-state index is 5.40. The van der Waals surface area contributed by atoms with Crippen molar-refractivity contribution >= 4 is 0 Å². The summed E-state index contributed by atoms with van der Waals surface area (Å²) in [6.07, 6.45) is 5.74. The third-order valence-corrected chi connectivity index (χ3v) is 3.09. The molecule has 1 heterocycles. The Morgan fingerprint density at radius 1 is 1.28 bits per heavy atom. The smallest absolute Gasteiger partial charge is 0.232 e. The summed E-state index contributed by atoms with van der Waals surface area (Å²) in [4.78, 5) is 8.72. The fraction of sp³-hybridized carbons (Fsp3) is 0.714. The van der Waals surface area contributed by atoms with E-state index in [0.29, 0.717) is 24.4 Å². The van der Waals surface area contributed by atoms with Gasteiger partial charge in [-0.1, -0.05) is 20.8 Å². The molecule has 0 spiro atoms. The lowest BCUT2D eigenvalue weighted by molar-refractivity contribution is 0.321. The van der Waals surface area contributed by atoms with Crippen LogP contribution in [-0.2, 0) is 0 Å². The zero-order valence-corrected chi connectivity index (χ0v) is 11.9. The first kappa shape index (κ1) is 14.9. The topological polar surface area (TPSA) is 47.0 Å². The molecule has 2 atom stereocenters. The monoisotopic (exact) mass is 251 g/mol. The van der Waals surface area contributed by atoms with Crippen molar-refractivity contribution in [3.05, 3.63) is 18.1 Å². The number of nitrogens with one attached hydrogen (secondary N) is 1. The van der Waals surface area contributed by atoms with E-state index in [2.05, 4.69) is 36.1 Å². The highest BCUT2D eigenvalue weighted by atomic mass is 16.5. The zero-order chi connectivity index (χ0) is 13.4. The van der Waals surface area contributed by atoms with Gasteiger partial charge in [0.15, 0.2) is 0 Å². The van der Waals surface area contributed by atoms with Crippen LogP contribution in [-0.4, -0.2) is 29.2 Å². The highest BCUT2D eigenvalue weighted by molar-refractivity contribution is 5.13. The molecule has 2 unspecified atom stereocenters. The van der Waals surface area contributed by atoms with Gasteiger partial charge < -0.3 is 10.1 Å². The van der Waals surface area contributed by atoms with E-state index < -0.39 is 0 Å². The van der Waals surface area contributed by atoms with Crippen LogP contribution >= 0.6 is 0 Å². The molecule has 0 fully saturated rings. The third-order valence-electron chi connectivity index (χ3n) is 3.09. The van der Waals surface area contributed by atoms with Gasteiger partial charge in [-0.3, -0.25) is 4.98 Å². The first-order valence-corrected chi connectivity index (χ1v) is 6.90. The highest BCUT2D eigenvalue weighted by Crippen LogP contribution is 2.20. The molecule has 0 aliphatic carbocycles. The van der Waals surface area contributed by atoms with Crippen molar-refractivity contribution in [2.45, 2.75) is 52.5 Å². The molecule has 1 aromatic heterocycles. The van der Waals surface area contributed by atoms with E-state index in [1.54, 1.807) is 6.20 Å². The molecule has 102 valence electrons. The second-order valence-corrected chi connectivity index (χ2v) is 4.47. The Kier molecular flexibility index (Phi) is 6.65. The van der Waals surface area contributed by atoms with E-state index in [9.17, 15) is 0 Å². The van der Waals surface area contributed by atoms with E-state index in [-0.39, 0.29) is 0 Å². The van der Waals surface area contributed by atoms with Crippen LogP contribution in [0.2, 0.25) is 0 Å². The summed E-state index contributed by atoms with van der Waals surface area (Å²) >= 11 is 0. The summed E-state index contributed by atoms with van der Waals surface area (Å²) in [6.45, 7) is 10.2. The standard InChI is InChI=1S/C14H25N3O/c1-5-8-16-12(6-2)11(4)13-9-15-10-14(17-13)18-7-3/h9-12,16H,5-8H2,1-4H3. The van der Waals surface area contributed by atoms with Crippen LogP contribution in [0, 0.1) is 0 Å². The van der Waals surface area contributed by atoms with E-state index >= 15 is 0 Å². The van der Waals surface area contributed by atoms with Crippen LogP contribution < -0.4 is 10.1 Å². The van der Waals surface area contributed by atoms with Crippen molar-refractivity contribution in [2.75, 3.05) is 13.2 Å². The summed E-state index contributed by atoms with van der Waals surface area (Å²) in [5, 5.41) is 3.56. The highest BCUT2D eigenvalue weighted by Gasteiger charge is 2.18. The molecule has 18 heavy (non-hydrogen) atoms. The fourth-order valence-corrected chi connectivity index (χ4v) is 2.01. The van der Waals surface area contributed by atoms with Crippen molar-refractivity contribution in [3.8, 4) is 5.88 Å². The molecule has 0 saturated carbocycles. The Hall–Kier alpha value is -1.16. The summed E-state index contributed by atoms with van der Waals surface area (Å²) < 4.78 is 5.40. The molecule has 4 nitrogen and oxygen atoms in total. The number of nitrogens with zero attached hydrogens (tertiary/aromatic N) is 2. The summed E-state index contributed by atoms with van der Waals surface area (Å²) in [7, 11) is 0. The van der Waals surface area contributed by atoms with Gasteiger partial charge in [-0.15, -0.1) is 0 Å². The van der Waals surface area contributed by atoms with Crippen LogP contribution in [0.3, 0.4) is 0 Å². The molecule has 0 aliphatic heterocycles. The summed E-state index contributed by atoms with van der Waals surface area (Å²) in [5.41, 5.74) is 0.997. The van der Waals surface area contributed by atoms with Crippen molar-refractivity contribution in [1.29, 1.82) is 0 Å². The largest absolute Gasteiger partial charge is 0.477 e. The second kappa shape index (κ2) is 8.03. The SMILES string of the molecule is CCCNC(CC)C(C)c1cncc(OCC)n1. The van der Waals surface area contributed by atoms with Gasteiger partial charge in [-0.2, -0.15) is 0 Å². The van der Waals surface area contributed by atoms with Gasteiger partial charge in [-0.05, 0) is 26.3 Å². The average molecular weight is 251 g/mol. The van der Waals surface area contributed by atoms with E-state index in [1.807, 2.05) is 13.1 Å². The molecule has 0 radical (unpaired) electrons. The first-order chi connectivity index (χ1) is 8.72. The molecular formula is C14H25N3O. The van der Waals surface area contributed by atoms with Crippen molar-refractivity contribution in [3.63, 3.8) is 0 Å². The van der Waals surface area contributed by atoms with E-state index in [1.165, 1.54) is 0 Å². The van der Waals surface area contributed by atoms with Crippen molar-refractivity contribution in [1.82, 2.24) is 15.3 Å². The van der Waals surface area contributed by atoms with Crippen LogP contribution in [0.15, 0.2) is 12.4 Å². The normalized spacial score (nSPS) is 14.2. The lowest BCUT2D eigenvalue weighted by atomic mass is 9.96. The lowest BCUT2D eigenvalue weighted by Crippen LogP contribution is -2.34. The molecule has 0 aromatic carbocycles. The van der Waals surface area contributed by atoms with Gasteiger partial charge in [-0.25, -0.2) is 4.98 Å². The Balaban J connectivity index is 2.73. The Morgan fingerprint density at radius 2 is 2.06 bits per heavy atom. The fourth-order valence-electron chi connectivity index (χ4n) is 2.01. The van der Waals surface area contributed by atoms with Crippen LogP contribution in [0.4, 0.5) is 0 Å². The molecule has 1 N–H and O–H groups in total. The van der Waals surface area contributed by atoms with Gasteiger partial charge >= 0.3 is 0 Å². The molecular weight excluding hydrogens is 226 g/mol. The van der Waals surface area contributed by atoms with Gasteiger partial charge in [0.2, 0.25) is 5.88 Å².